The highest BCUT2D eigenvalue weighted by Gasteiger charge is 2.35. The van der Waals surface area contributed by atoms with Crippen LogP contribution >= 0.6 is 0 Å². The molecule has 2 aromatic rings. The molecule has 7 nitrogen and oxygen atoms in total. The second-order valence-electron chi connectivity index (χ2n) is 9.56. The molecule has 32 heavy (non-hydrogen) atoms. The Morgan fingerprint density at radius 2 is 1.88 bits per heavy atom. The highest BCUT2D eigenvalue weighted by molar-refractivity contribution is 7.89. The largest absolute Gasteiger partial charge is 0.466 e. The molecule has 1 aromatic carbocycles. The summed E-state index contributed by atoms with van der Waals surface area (Å²) in [5.41, 5.74) is 2.09. The molecule has 174 valence electrons. The van der Waals surface area contributed by atoms with E-state index in [4.69, 9.17) is 9.15 Å². The summed E-state index contributed by atoms with van der Waals surface area (Å²) in [4.78, 5) is 13.0. The summed E-state index contributed by atoms with van der Waals surface area (Å²) in [7, 11) is -3.50. The normalized spacial score (nSPS) is 21.2. The molecule has 0 bridgehead atoms. The number of morpholine rings is 1. The molecule has 1 fully saturated rings. The second kappa shape index (κ2) is 9.00. The maximum absolute atomic E-state index is 12.7. The van der Waals surface area contributed by atoms with Gasteiger partial charge in [0.25, 0.3) is 0 Å². The van der Waals surface area contributed by atoms with E-state index >= 15 is 0 Å². The Morgan fingerprint density at radius 1 is 1.19 bits per heavy atom. The van der Waals surface area contributed by atoms with E-state index in [1.54, 1.807) is 24.3 Å². The Morgan fingerprint density at radius 3 is 2.56 bits per heavy atom. The summed E-state index contributed by atoms with van der Waals surface area (Å²) in [6, 6.07) is 8.83. The van der Waals surface area contributed by atoms with Gasteiger partial charge in [-0.05, 0) is 48.9 Å². The molecular weight excluding hydrogens is 428 g/mol. The number of carbonyl (C=O) groups excluding carboxylic acids is 1. The third kappa shape index (κ3) is 5.08. The van der Waals surface area contributed by atoms with Crippen molar-refractivity contribution in [3.63, 3.8) is 0 Å². The van der Waals surface area contributed by atoms with Crippen LogP contribution in [0.5, 0.6) is 0 Å². The lowest BCUT2D eigenvalue weighted by Crippen LogP contribution is -2.40. The molecule has 1 amide bonds. The molecule has 4 rings (SSSR count). The number of benzene rings is 1. The van der Waals surface area contributed by atoms with Crippen molar-refractivity contribution in [3.8, 4) is 0 Å². The molecule has 1 saturated heterocycles. The molecule has 1 aliphatic carbocycles. The number of nitrogens with one attached hydrogen (secondary N) is 1. The van der Waals surface area contributed by atoms with E-state index in [0.29, 0.717) is 39.1 Å². The van der Waals surface area contributed by atoms with Gasteiger partial charge in [-0.3, -0.25) is 4.79 Å². The zero-order valence-corrected chi connectivity index (χ0v) is 19.8. The molecule has 2 heterocycles. The van der Waals surface area contributed by atoms with E-state index in [2.05, 4.69) is 19.2 Å². The average molecular weight is 461 g/mol. The van der Waals surface area contributed by atoms with Crippen LogP contribution in [0.1, 0.15) is 55.4 Å². The van der Waals surface area contributed by atoms with Crippen LogP contribution in [0, 0.1) is 12.3 Å². The van der Waals surface area contributed by atoms with Gasteiger partial charge in [0.2, 0.25) is 15.9 Å². The summed E-state index contributed by atoms with van der Waals surface area (Å²) in [6.07, 6.45) is 2.65. The summed E-state index contributed by atoms with van der Waals surface area (Å²) < 4.78 is 38.0. The lowest BCUT2D eigenvalue weighted by Gasteiger charge is -2.34. The summed E-state index contributed by atoms with van der Waals surface area (Å²) in [5, 5.41) is 3.18. The molecule has 0 saturated carbocycles. The van der Waals surface area contributed by atoms with Crippen molar-refractivity contribution in [1.82, 2.24) is 9.62 Å². The molecule has 2 aliphatic rings. The van der Waals surface area contributed by atoms with Crippen LogP contribution in [0.3, 0.4) is 0 Å². The van der Waals surface area contributed by atoms with Crippen molar-refractivity contribution in [2.24, 2.45) is 5.41 Å². The van der Waals surface area contributed by atoms with Crippen LogP contribution in [0.25, 0.3) is 0 Å². The van der Waals surface area contributed by atoms with Crippen molar-refractivity contribution in [2.45, 2.75) is 57.4 Å². The van der Waals surface area contributed by atoms with Gasteiger partial charge in [0.05, 0.1) is 24.2 Å². The van der Waals surface area contributed by atoms with Gasteiger partial charge in [0.1, 0.15) is 11.5 Å². The molecule has 1 aromatic heterocycles. The second-order valence-corrected chi connectivity index (χ2v) is 11.5. The third-order valence-corrected chi connectivity index (χ3v) is 8.16. The Hall–Kier alpha value is -2.16. The van der Waals surface area contributed by atoms with Crippen molar-refractivity contribution in [3.05, 3.63) is 53.0 Å². The van der Waals surface area contributed by atoms with Gasteiger partial charge in [-0.25, -0.2) is 8.42 Å². The first-order valence-corrected chi connectivity index (χ1v) is 12.6. The van der Waals surface area contributed by atoms with E-state index in [1.165, 1.54) is 4.31 Å². The predicted molar refractivity (Wildman–Crippen MR) is 121 cm³/mol. The number of aryl methyl sites for hydroxylation is 2. The van der Waals surface area contributed by atoms with E-state index in [0.717, 1.165) is 35.5 Å². The first kappa shape index (κ1) is 23.0. The van der Waals surface area contributed by atoms with E-state index in [-0.39, 0.29) is 22.3 Å². The SMILES string of the molecule is Cc1cc2c(o1)CC(C)(C)CC2NC(=O)CCc1ccc(S(=O)(=O)N2CCOCC2)cc1. The highest BCUT2D eigenvalue weighted by atomic mass is 32.2. The van der Waals surface area contributed by atoms with Crippen molar-refractivity contribution in [1.29, 1.82) is 0 Å². The summed E-state index contributed by atoms with van der Waals surface area (Å²) >= 11 is 0. The van der Waals surface area contributed by atoms with Crippen LogP contribution < -0.4 is 5.32 Å². The minimum absolute atomic E-state index is 0.0116. The number of nitrogens with zero attached hydrogens (tertiary/aromatic N) is 1. The van der Waals surface area contributed by atoms with E-state index < -0.39 is 10.0 Å². The zero-order valence-electron chi connectivity index (χ0n) is 19.0. The van der Waals surface area contributed by atoms with Crippen molar-refractivity contribution in [2.75, 3.05) is 26.3 Å². The van der Waals surface area contributed by atoms with Crippen LogP contribution in [-0.2, 0) is 32.4 Å². The van der Waals surface area contributed by atoms with Crippen LogP contribution in [0.4, 0.5) is 0 Å². The number of rotatable bonds is 6. The van der Waals surface area contributed by atoms with Gasteiger partial charge in [-0.1, -0.05) is 26.0 Å². The lowest BCUT2D eigenvalue weighted by atomic mass is 9.74. The minimum Gasteiger partial charge on any atom is -0.466 e. The number of hydrogen-bond acceptors (Lipinski definition) is 5. The first-order valence-electron chi connectivity index (χ1n) is 11.2. The number of fused-ring (bicyclic) bond motifs is 1. The molecule has 0 spiro atoms. The van der Waals surface area contributed by atoms with Crippen LogP contribution in [0.2, 0.25) is 0 Å². The van der Waals surface area contributed by atoms with E-state index in [1.807, 2.05) is 13.0 Å². The Labute approximate surface area is 190 Å². The fourth-order valence-corrected chi connectivity index (χ4v) is 6.01. The molecular formula is C24H32N2O5S. The van der Waals surface area contributed by atoms with Crippen LogP contribution in [-0.4, -0.2) is 44.9 Å². The fraction of sp³-hybridized carbons (Fsp3) is 0.542. The fourth-order valence-electron chi connectivity index (χ4n) is 4.60. The molecule has 1 atom stereocenters. The monoisotopic (exact) mass is 460 g/mol. The van der Waals surface area contributed by atoms with Gasteiger partial charge in [0, 0.05) is 31.5 Å². The Balaban J connectivity index is 1.35. The number of sulfonamides is 1. The highest BCUT2D eigenvalue weighted by Crippen LogP contribution is 2.42. The molecule has 8 heteroatoms. The van der Waals surface area contributed by atoms with Crippen LogP contribution in [0.15, 0.2) is 39.6 Å². The van der Waals surface area contributed by atoms with Gasteiger partial charge in [-0.2, -0.15) is 4.31 Å². The van der Waals surface area contributed by atoms with Gasteiger partial charge >= 0.3 is 0 Å². The molecule has 1 N–H and O–H groups in total. The van der Waals surface area contributed by atoms with Crippen molar-refractivity contribution >= 4 is 15.9 Å². The maximum atomic E-state index is 12.7. The number of ether oxygens (including phenoxy) is 1. The smallest absolute Gasteiger partial charge is 0.243 e. The standard InChI is InChI=1S/C24H32N2O5S/c1-17-14-20-21(15-24(2,3)16-22(20)31-17)25-23(27)9-6-18-4-7-19(8-5-18)32(28,29)26-10-12-30-13-11-26/h4-5,7-8,14,21H,6,9-13,15-16H2,1-3H3,(H,25,27). The van der Waals surface area contributed by atoms with Gasteiger partial charge in [0.15, 0.2) is 0 Å². The van der Waals surface area contributed by atoms with Gasteiger partial charge in [-0.15, -0.1) is 0 Å². The first-order chi connectivity index (χ1) is 15.1. The summed E-state index contributed by atoms with van der Waals surface area (Å²) in [6.45, 7) is 7.92. The van der Waals surface area contributed by atoms with E-state index in [9.17, 15) is 13.2 Å². The molecule has 1 aliphatic heterocycles. The topological polar surface area (TPSA) is 88.8 Å². The quantitative estimate of drug-likeness (QED) is 0.714. The summed E-state index contributed by atoms with van der Waals surface area (Å²) in [5.74, 6) is 1.84. The zero-order chi connectivity index (χ0) is 22.9. The number of furan rings is 1. The number of hydrogen-bond donors (Lipinski definition) is 1. The average Bonchev–Trinajstić information content (AvgIpc) is 3.12. The van der Waals surface area contributed by atoms with Gasteiger partial charge < -0.3 is 14.5 Å². The predicted octanol–water partition coefficient (Wildman–Crippen LogP) is 3.37. The number of amides is 1. The maximum Gasteiger partial charge on any atom is 0.243 e. The van der Waals surface area contributed by atoms with Crippen molar-refractivity contribution < 1.29 is 22.4 Å². The minimum atomic E-state index is -3.50. The Bertz CT molecular complexity index is 1070. The molecule has 0 radical (unpaired) electrons. The number of carbonyl (C=O) groups is 1. The Kier molecular flexibility index (Phi) is 6.47. The lowest BCUT2D eigenvalue weighted by molar-refractivity contribution is -0.122. The third-order valence-electron chi connectivity index (χ3n) is 6.24. The molecule has 1 unspecified atom stereocenters.